The molecule has 2 N–H and O–H groups in total. The highest BCUT2D eigenvalue weighted by Crippen LogP contribution is 2.34. The average Bonchev–Trinajstić information content (AvgIpc) is 2.78. The Morgan fingerprint density at radius 2 is 1.71 bits per heavy atom. The molecule has 2 saturated heterocycles. The van der Waals surface area contributed by atoms with Gasteiger partial charge >= 0.3 is 0 Å². The van der Waals surface area contributed by atoms with Gasteiger partial charge in [-0.1, -0.05) is 37.6 Å². The Labute approximate surface area is 210 Å². The van der Waals surface area contributed by atoms with Crippen molar-refractivity contribution in [2.75, 3.05) is 45.1 Å². The van der Waals surface area contributed by atoms with Gasteiger partial charge < -0.3 is 15.4 Å². The Bertz CT molecular complexity index is 638. The van der Waals surface area contributed by atoms with Gasteiger partial charge in [-0.3, -0.25) is 4.90 Å². The number of piperidine rings is 1. The van der Waals surface area contributed by atoms with Crippen LogP contribution in [0.3, 0.4) is 0 Å². The average molecular weight is 561 g/mol. The molecule has 0 radical (unpaired) electrons. The van der Waals surface area contributed by atoms with Crippen LogP contribution in [0.5, 0.6) is 0 Å². The summed E-state index contributed by atoms with van der Waals surface area (Å²) in [6, 6.07) is 9.02. The van der Waals surface area contributed by atoms with E-state index in [2.05, 4.69) is 65.4 Å². The van der Waals surface area contributed by atoms with Gasteiger partial charge in [0.15, 0.2) is 5.96 Å². The van der Waals surface area contributed by atoms with E-state index in [1.54, 1.807) is 0 Å². The van der Waals surface area contributed by atoms with E-state index in [4.69, 9.17) is 9.73 Å². The van der Waals surface area contributed by atoms with Gasteiger partial charge in [0.1, 0.15) is 0 Å². The molecule has 1 aromatic carbocycles. The molecule has 0 aromatic heterocycles. The summed E-state index contributed by atoms with van der Waals surface area (Å²) in [4.78, 5) is 7.42. The van der Waals surface area contributed by atoms with Crippen molar-refractivity contribution in [2.24, 2.45) is 4.99 Å². The third-order valence-corrected chi connectivity index (χ3v) is 7.53. The maximum Gasteiger partial charge on any atom is 0.191 e. The highest BCUT2D eigenvalue weighted by atomic mass is 127. The highest BCUT2D eigenvalue weighted by Gasteiger charge is 2.32. The smallest absolute Gasteiger partial charge is 0.191 e. The fourth-order valence-corrected chi connectivity index (χ4v) is 5.55. The summed E-state index contributed by atoms with van der Waals surface area (Å²) >= 11 is 2.06. The lowest BCUT2D eigenvalue weighted by molar-refractivity contribution is 0.0782. The number of benzene rings is 1. The molecule has 0 spiro atoms. The number of nitrogens with zero attached hydrogens (tertiary/aromatic N) is 2. The summed E-state index contributed by atoms with van der Waals surface area (Å²) in [5, 5.41) is 7.02. The molecule has 0 unspecified atom stereocenters. The molecule has 0 aliphatic carbocycles. The molecule has 0 saturated carbocycles. The monoisotopic (exact) mass is 560 g/mol. The van der Waals surface area contributed by atoms with Crippen molar-refractivity contribution in [1.82, 2.24) is 15.5 Å². The van der Waals surface area contributed by atoms with Crippen molar-refractivity contribution in [3.63, 3.8) is 0 Å². The van der Waals surface area contributed by atoms with Crippen molar-refractivity contribution in [3.8, 4) is 0 Å². The molecule has 0 amide bonds. The van der Waals surface area contributed by atoms with Crippen LogP contribution in [0, 0.1) is 0 Å². The summed E-state index contributed by atoms with van der Waals surface area (Å²) < 4.78 is 5.86. The van der Waals surface area contributed by atoms with Crippen molar-refractivity contribution in [1.29, 1.82) is 0 Å². The molecule has 3 rings (SSSR count). The first kappa shape index (κ1) is 26.7. The lowest BCUT2D eigenvalue weighted by atomic mass is 9.99. The van der Waals surface area contributed by atoms with Crippen LogP contribution < -0.4 is 10.6 Å². The van der Waals surface area contributed by atoms with Crippen LogP contribution in [0.15, 0.2) is 29.3 Å². The third kappa shape index (κ3) is 9.10. The van der Waals surface area contributed by atoms with Crippen LogP contribution in [0.4, 0.5) is 0 Å². The lowest BCUT2D eigenvalue weighted by Crippen LogP contribution is -2.48. The van der Waals surface area contributed by atoms with Crippen LogP contribution in [-0.2, 0) is 17.8 Å². The van der Waals surface area contributed by atoms with Gasteiger partial charge in [-0.2, -0.15) is 11.8 Å². The first-order valence-corrected chi connectivity index (χ1v) is 12.8. The summed E-state index contributed by atoms with van der Waals surface area (Å²) in [5.74, 6) is 2.05. The Balaban J connectivity index is 0.00000341. The van der Waals surface area contributed by atoms with E-state index in [-0.39, 0.29) is 28.7 Å². The van der Waals surface area contributed by atoms with E-state index in [0.29, 0.717) is 6.54 Å². The minimum Gasteiger partial charge on any atom is -0.381 e. The Kier molecular flexibility index (Phi) is 12.6. The molecule has 0 bridgehead atoms. The van der Waals surface area contributed by atoms with Crippen LogP contribution >= 0.6 is 35.7 Å². The first-order valence-electron chi connectivity index (χ1n) is 11.8. The van der Waals surface area contributed by atoms with E-state index < -0.39 is 0 Å². The summed E-state index contributed by atoms with van der Waals surface area (Å²) in [5.41, 5.74) is 2.67. The maximum absolute atomic E-state index is 5.60. The number of nitrogens with one attached hydrogen (secondary N) is 2. The van der Waals surface area contributed by atoms with Gasteiger partial charge in [-0.05, 0) is 62.6 Å². The summed E-state index contributed by atoms with van der Waals surface area (Å²) in [7, 11) is 0. The predicted molar refractivity (Wildman–Crippen MR) is 145 cm³/mol. The van der Waals surface area contributed by atoms with Crippen LogP contribution in [0.25, 0.3) is 0 Å². The van der Waals surface area contributed by atoms with E-state index in [9.17, 15) is 0 Å². The zero-order chi connectivity index (χ0) is 21.1. The Morgan fingerprint density at radius 1 is 1.03 bits per heavy atom. The van der Waals surface area contributed by atoms with Crippen molar-refractivity contribution < 1.29 is 4.74 Å². The number of hydrogen-bond donors (Lipinski definition) is 2. The van der Waals surface area contributed by atoms with E-state index >= 15 is 0 Å². The second kappa shape index (κ2) is 14.6. The largest absolute Gasteiger partial charge is 0.381 e. The molecule has 176 valence electrons. The van der Waals surface area contributed by atoms with Crippen LogP contribution in [0.2, 0.25) is 0 Å². The fourth-order valence-electron chi connectivity index (χ4n) is 4.30. The second-order valence-electron chi connectivity index (χ2n) is 8.43. The zero-order valence-electron chi connectivity index (χ0n) is 19.3. The minimum atomic E-state index is 0. The van der Waals surface area contributed by atoms with Crippen molar-refractivity contribution in [2.45, 2.75) is 63.8 Å². The number of thioether (sulfide) groups is 1. The van der Waals surface area contributed by atoms with Gasteiger partial charge in [-0.15, -0.1) is 24.0 Å². The predicted octanol–water partition coefficient (Wildman–Crippen LogP) is 4.65. The first-order chi connectivity index (χ1) is 14.7. The van der Waals surface area contributed by atoms with E-state index in [0.717, 1.165) is 57.4 Å². The highest BCUT2D eigenvalue weighted by molar-refractivity contribution is 14.0. The molecule has 5 nitrogen and oxygen atoms in total. The lowest BCUT2D eigenvalue weighted by Gasteiger charge is -2.37. The van der Waals surface area contributed by atoms with E-state index in [1.165, 1.54) is 43.5 Å². The number of halogens is 1. The Morgan fingerprint density at radius 3 is 2.35 bits per heavy atom. The normalized spacial score (nSPS) is 19.5. The molecular weight excluding hydrogens is 519 g/mol. The number of likely N-dealkylation sites (tertiary alicyclic amines) is 1. The summed E-state index contributed by atoms with van der Waals surface area (Å²) in [6.45, 7) is 12.2. The molecule has 7 heteroatoms. The molecule has 2 heterocycles. The SMILES string of the molecule is CCNC(=NCc1ccc(CN2CCCCC2)cc1)NCC1(SCC)CCOCC1.I. The zero-order valence-corrected chi connectivity index (χ0v) is 22.5. The molecule has 1 aromatic rings. The molecule has 2 fully saturated rings. The number of hydrogen-bond acceptors (Lipinski definition) is 4. The standard InChI is InChI=1S/C24H40N4OS.HI/c1-3-25-23(27-20-24(30-4-2)12-16-29-17-13-24)26-18-21-8-10-22(11-9-21)19-28-14-6-5-7-15-28;/h8-11H,3-7,12-20H2,1-2H3,(H2,25,26,27);1H. The van der Waals surface area contributed by atoms with Gasteiger partial charge in [0.25, 0.3) is 0 Å². The minimum absolute atomic E-state index is 0. The second-order valence-corrected chi connectivity index (χ2v) is 10.2. The number of rotatable bonds is 9. The molecule has 31 heavy (non-hydrogen) atoms. The number of aliphatic imine (C=N–C) groups is 1. The summed E-state index contributed by atoms with van der Waals surface area (Å²) in [6.07, 6.45) is 6.30. The third-order valence-electron chi connectivity index (χ3n) is 6.07. The number of guanidine groups is 1. The molecule has 2 aliphatic heterocycles. The van der Waals surface area contributed by atoms with Gasteiger partial charge in [-0.25, -0.2) is 4.99 Å². The van der Waals surface area contributed by atoms with Crippen molar-refractivity contribution in [3.05, 3.63) is 35.4 Å². The van der Waals surface area contributed by atoms with Gasteiger partial charge in [0, 0.05) is 37.6 Å². The van der Waals surface area contributed by atoms with E-state index in [1.807, 2.05) is 0 Å². The van der Waals surface area contributed by atoms with Crippen molar-refractivity contribution >= 4 is 41.7 Å². The quantitative estimate of drug-likeness (QED) is 0.262. The molecular formula is C24H41IN4OS. The van der Waals surface area contributed by atoms with Crippen LogP contribution in [-0.4, -0.2) is 60.8 Å². The Hall–Kier alpha value is -0.510. The molecule has 0 atom stereocenters. The fraction of sp³-hybridized carbons (Fsp3) is 0.708. The van der Waals surface area contributed by atoms with Gasteiger partial charge in [0.05, 0.1) is 6.54 Å². The van der Waals surface area contributed by atoms with Gasteiger partial charge in [0.2, 0.25) is 0 Å². The number of ether oxygens (including phenoxy) is 1. The maximum atomic E-state index is 5.60. The van der Waals surface area contributed by atoms with Crippen LogP contribution in [0.1, 0.15) is 57.1 Å². The molecule has 2 aliphatic rings. The topological polar surface area (TPSA) is 48.9 Å².